The number of carboxylic acid groups (broad SMARTS) is 1. The van der Waals surface area contributed by atoms with Crippen LogP contribution >= 0.6 is 11.8 Å². The molecular weight excluding hydrogens is 386 g/mol. The number of aliphatic hydroxyl groups excluding tert-OH is 1. The van der Waals surface area contributed by atoms with Crippen molar-refractivity contribution in [2.24, 2.45) is 17.6 Å². The average molecular weight is 413 g/mol. The summed E-state index contributed by atoms with van der Waals surface area (Å²) in [6.45, 7) is 5.15. The van der Waals surface area contributed by atoms with Crippen molar-refractivity contribution in [3.63, 3.8) is 0 Å². The van der Waals surface area contributed by atoms with Crippen LogP contribution in [0.3, 0.4) is 0 Å². The predicted molar refractivity (Wildman–Crippen MR) is 101 cm³/mol. The molecule has 3 fully saturated rings. The third-order valence-electron chi connectivity index (χ3n) is 6.01. The van der Waals surface area contributed by atoms with Gasteiger partial charge in [-0.2, -0.15) is 0 Å². The maximum absolute atomic E-state index is 12.4. The van der Waals surface area contributed by atoms with Gasteiger partial charge in [0.05, 0.1) is 43.4 Å². The number of aliphatic hydroxyl groups is 1. The van der Waals surface area contributed by atoms with Crippen LogP contribution in [0.4, 0.5) is 0 Å². The Morgan fingerprint density at radius 2 is 2.07 bits per heavy atom. The smallest absolute Gasteiger partial charge is 0.353 e. The summed E-state index contributed by atoms with van der Waals surface area (Å²) in [5.74, 6) is -2.05. The Balaban J connectivity index is 1.45. The molecule has 1 amide bonds. The molecule has 0 aliphatic carbocycles. The number of hydrogen-bond donors (Lipinski definition) is 4. The van der Waals surface area contributed by atoms with Crippen molar-refractivity contribution >= 4 is 23.6 Å². The number of ether oxygens (including phenoxy) is 2. The van der Waals surface area contributed by atoms with E-state index in [0.29, 0.717) is 24.7 Å². The number of nitrogens with zero attached hydrogens (tertiary/aromatic N) is 1. The molecule has 0 saturated carbocycles. The van der Waals surface area contributed by atoms with Gasteiger partial charge in [0.2, 0.25) is 5.91 Å². The van der Waals surface area contributed by atoms with E-state index in [1.807, 2.05) is 6.92 Å². The molecule has 3 saturated heterocycles. The first-order valence-electron chi connectivity index (χ1n) is 9.67. The fourth-order valence-corrected chi connectivity index (χ4v) is 6.15. The average Bonchev–Trinajstić information content (AvgIpc) is 3.18. The molecule has 5 N–H and O–H groups in total. The third kappa shape index (κ3) is 3.25. The van der Waals surface area contributed by atoms with E-state index in [9.17, 15) is 19.8 Å². The van der Waals surface area contributed by atoms with E-state index in [4.69, 9.17) is 15.2 Å². The van der Waals surface area contributed by atoms with Crippen molar-refractivity contribution in [2.45, 2.75) is 56.0 Å². The molecule has 156 valence electrons. The van der Waals surface area contributed by atoms with Crippen LogP contribution in [-0.2, 0) is 19.1 Å². The Labute approximate surface area is 167 Å². The lowest BCUT2D eigenvalue weighted by Gasteiger charge is -2.46. The van der Waals surface area contributed by atoms with Gasteiger partial charge in [-0.1, -0.05) is 6.92 Å². The van der Waals surface area contributed by atoms with Gasteiger partial charge in [-0.15, -0.1) is 11.8 Å². The van der Waals surface area contributed by atoms with Crippen molar-refractivity contribution in [2.75, 3.05) is 19.8 Å². The van der Waals surface area contributed by atoms with Gasteiger partial charge in [0.25, 0.3) is 0 Å². The first-order valence-corrected chi connectivity index (χ1v) is 10.5. The number of aliphatic carboxylic acids is 1. The molecule has 4 aliphatic heterocycles. The summed E-state index contributed by atoms with van der Waals surface area (Å²) in [5.41, 5.74) is 5.85. The van der Waals surface area contributed by atoms with Crippen LogP contribution in [0.25, 0.3) is 0 Å². The zero-order valence-electron chi connectivity index (χ0n) is 15.9. The maximum atomic E-state index is 12.4. The lowest BCUT2D eigenvalue weighted by Crippen LogP contribution is -2.63. The number of thioether (sulfide) groups is 1. The van der Waals surface area contributed by atoms with Gasteiger partial charge in [0.1, 0.15) is 5.70 Å². The minimum atomic E-state index is -1.09. The lowest BCUT2D eigenvalue weighted by molar-refractivity contribution is -0.197. The number of carboxylic acids is 1. The summed E-state index contributed by atoms with van der Waals surface area (Å²) in [6, 6.07) is -0.355. The van der Waals surface area contributed by atoms with Gasteiger partial charge in [0.15, 0.2) is 6.29 Å². The van der Waals surface area contributed by atoms with Crippen molar-refractivity contribution in [3.05, 3.63) is 10.6 Å². The molecule has 0 radical (unpaired) electrons. The van der Waals surface area contributed by atoms with E-state index in [2.05, 4.69) is 5.32 Å². The summed E-state index contributed by atoms with van der Waals surface area (Å²) in [7, 11) is 0. The van der Waals surface area contributed by atoms with Gasteiger partial charge in [-0.05, 0) is 13.3 Å². The van der Waals surface area contributed by atoms with Crippen molar-refractivity contribution in [3.8, 4) is 0 Å². The quantitative estimate of drug-likeness (QED) is 0.432. The van der Waals surface area contributed by atoms with E-state index in [1.54, 1.807) is 6.92 Å². The number of amides is 1. The minimum absolute atomic E-state index is 0.0273. The highest BCUT2D eigenvalue weighted by atomic mass is 32.2. The number of carbonyl (C=O) groups is 2. The molecule has 0 aromatic rings. The van der Waals surface area contributed by atoms with Crippen LogP contribution in [-0.4, -0.2) is 82.5 Å². The molecule has 9 nitrogen and oxygen atoms in total. The highest BCUT2D eigenvalue weighted by Gasteiger charge is 2.60. The van der Waals surface area contributed by atoms with E-state index in [1.165, 1.54) is 16.7 Å². The topological polar surface area (TPSA) is 134 Å². The van der Waals surface area contributed by atoms with Crippen LogP contribution in [0.15, 0.2) is 10.6 Å². The van der Waals surface area contributed by atoms with Crippen molar-refractivity contribution < 1.29 is 29.3 Å². The van der Waals surface area contributed by atoms with Crippen molar-refractivity contribution in [1.29, 1.82) is 0 Å². The van der Waals surface area contributed by atoms with Crippen LogP contribution in [0.5, 0.6) is 0 Å². The Morgan fingerprint density at radius 3 is 2.68 bits per heavy atom. The molecule has 0 aromatic carbocycles. The number of carbonyl (C=O) groups excluding carboxylic acids is 1. The van der Waals surface area contributed by atoms with Gasteiger partial charge in [-0.3, -0.25) is 4.79 Å². The molecule has 0 aromatic heterocycles. The second kappa shape index (κ2) is 7.58. The van der Waals surface area contributed by atoms with E-state index in [0.717, 1.165) is 6.42 Å². The Bertz CT molecular complexity index is 693. The zero-order chi connectivity index (χ0) is 20.2. The number of rotatable bonds is 5. The largest absolute Gasteiger partial charge is 0.477 e. The molecule has 0 bridgehead atoms. The molecule has 6 atom stereocenters. The molecular formula is C18H27N3O6S. The summed E-state index contributed by atoms with van der Waals surface area (Å²) in [6.07, 6.45) is -0.368. The predicted octanol–water partition coefficient (Wildman–Crippen LogP) is -0.696. The number of β-lactam (4-membered cyclic amide) rings is 1. The first kappa shape index (κ1) is 20.1. The Hall–Kier alpha value is -1.17. The highest BCUT2D eigenvalue weighted by molar-refractivity contribution is 8.03. The number of hydrogen-bond acceptors (Lipinski definition) is 8. The molecule has 4 heterocycles. The molecule has 28 heavy (non-hydrogen) atoms. The molecule has 4 rings (SSSR count). The fraction of sp³-hybridized carbons (Fsp3) is 0.778. The van der Waals surface area contributed by atoms with Gasteiger partial charge in [-0.25, -0.2) is 4.79 Å². The van der Waals surface area contributed by atoms with E-state index in [-0.39, 0.29) is 47.2 Å². The highest BCUT2D eigenvalue weighted by Crippen LogP contribution is 2.51. The van der Waals surface area contributed by atoms with Crippen LogP contribution in [0, 0.1) is 11.8 Å². The van der Waals surface area contributed by atoms with Crippen LogP contribution in [0.2, 0.25) is 0 Å². The number of nitrogens with one attached hydrogen (secondary N) is 1. The summed E-state index contributed by atoms with van der Waals surface area (Å²) in [5, 5.41) is 23.2. The van der Waals surface area contributed by atoms with Crippen LogP contribution < -0.4 is 11.1 Å². The molecule has 4 aliphatic rings. The summed E-state index contributed by atoms with van der Waals surface area (Å²) >= 11 is 1.52. The van der Waals surface area contributed by atoms with Crippen molar-refractivity contribution in [1.82, 2.24) is 10.2 Å². The van der Waals surface area contributed by atoms with Crippen LogP contribution in [0.1, 0.15) is 20.3 Å². The monoisotopic (exact) mass is 413 g/mol. The third-order valence-corrected chi connectivity index (χ3v) is 7.52. The van der Waals surface area contributed by atoms with E-state index >= 15 is 0 Å². The number of nitrogens with two attached hydrogens (primary N) is 1. The lowest BCUT2D eigenvalue weighted by atomic mass is 9.79. The molecule has 0 unspecified atom stereocenters. The Morgan fingerprint density at radius 1 is 1.39 bits per heavy atom. The molecule has 0 spiro atoms. The Kier molecular flexibility index (Phi) is 5.45. The van der Waals surface area contributed by atoms with Gasteiger partial charge in [0, 0.05) is 22.6 Å². The molecule has 10 heteroatoms. The van der Waals surface area contributed by atoms with Gasteiger partial charge < -0.3 is 35.6 Å². The summed E-state index contributed by atoms with van der Waals surface area (Å²) < 4.78 is 11.3. The second-order valence-corrected chi connectivity index (χ2v) is 9.40. The summed E-state index contributed by atoms with van der Waals surface area (Å²) in [4.78, 5) is 26.4. The normalized spacial score (nSPS) is 41.8. The zero-order valence-corrected chi connectivity index (χ0v) is 16.7. The first-order chi connectivity index (χ1) is 13.3. The maximum Gasteiger partial charge on any atom is 0.353 e. The van der Waals surface area contributed by atoms with E-state index < -0.39 is 18.0 Å². The standard InChI is InChI=1S/C18H27N3O6S/c1-7-13-12(8(2)22)16(23)21(13)14(17(24)25)15(7)28-10-3-11(20-4-10)18-26-5-9(19)6-27-18/h7-13,18,20,22H,3-6,19H2,1-2H3,(H,24,25)/t7-,8-,9?,10+,11+,12-,13-,18?/m1/s1. The van der Waals surface area contributed by atoms with Gasteiger partial charge >= 0.3 is 5.97 Å². The second-order valence-electron chi connectivity index (χ2n) is 8.06. The SMILES string of the molecule is C[C@@H](O)[C@H]1C(=O)N2C(C(=O)O)=C(S[C@@H]3CN[C@H](C4OCC(N)CO4)C3)[C@H](C)[C@H]12. The number of fused-ring (bicyclic) bond motifs is 1. The minimum Gasteiger partial charge on any atom is -0.477 e. The fourth-order valence-electron chi connectivity index (χ4n) is 4.65.